The Kier molecular flexibility index (Phi) is 5.56. The quantitative estimate of drug-likeness (QED) is 0.687. The second-order valence-electron chi connectivity index (χ2n) is 5.78. The maximum Gasteiger partial charge on any atom is 0.573 e. The monoisotopic (exact) mass is 375 g/mol. The number of benzene rings is 2. The Morgan fingerprint density at radius 1 is 1.07 bits per heavy atom. The molecule has 2 aromatic carbocycles. The fourth-order valence-electron chi connectivity index (χ4n) is 2.54. The molecule has 0 fully saturated rings. The number of rotatable bonds is 6. The lowest BCUT2D eigenvalue weighted by Gasteiger charge is -2.11. The van der Waals surface area contributed by atoms with Crippen molar-refractivity contribution in [2.24, 2.45) is 0 Å². The Hall–Kier alpha value is -3.13. The van der Waals surface area contributed by atoms with Crippen LogP contribution < -0.4 is 15.4 Å². The molecule has 0 aliphatic rings. The molecule has 0 radical (unpaired) electrons. The number of ether oxygens (including phenoxy) is 1. The zero-order valence-electron chi connectivity index (χ0n) is 14.1. The zero-order chi connectivity index (χ0) is 19.3. The number of hydrogen-bond donors (Lipinski definition) is 2. The maximum absolute atomic E-state index is 12.2. The van der Waals surface area contributed by atoms with Crippen LogP contribution in [0.4, 0.5) is 18.9 Å². The number of hydrogen-bond acceptors (Lipinski definition) is 4. The molecule has 0 saturated heterocycles. The molecule has 0 atom stereocenters. The molecule has 0 aliphatic carbocycles. The van der Waals surface area contributed by atoms with Crippen LogP contribution in [0.25, 0.3) is 10.8 Å². The Balaban J connectivity index is 1.51. The fourth-order valence-corrected chi connectivity index (χ4v) is 2.54. The minimum atomic E-state index is -4.73. The standard InChI is InChI=1S/C19H16F3N3O2/c20-19(21,22)27-17-3-1-2-13(8-17)10-24-12-18(26)25-16-5-4-15-11-23-7-6-14(15)9-16/h1-9,11,24H,10,12H2,(H,25,26). The third-order valence-electron chi connectivity index (χ3n) is 3.67. The van der Waals surface area contributed by atoms with Crippen molar-refractivity contribution >= 4 is 22.4 Å². The normalized spacial score (nSPS) is 11.4. The van der Waals surface area contributed by atoms with Crippen molar-refractivity contribution in [1.82, 2.24) is 10.3 Å². The van der Waals surface area contributed by atoms with Gasteiger partial charge in [-0.25, -0.2) is 0 Å². The van der Waals surface area contributed by atoms with E-state index in [4.69, 9.17) is 0 Å². The first-order chi connectivity index (χ1) is 12.9. The van der Waals surface area contributed by atoms with Gasteiger partial charge in [0.2, 0.25) is 5.91 Å². The summed E-state index contributed by atoms with van der Waals surface area (Å²) in [6.07, 6.45) is -1.33. The number of nitrogens with zero attached hydrogens (tertiary/aromatic N) is 1. The summed E-state index contributed by atoms with van der Waals surface area (Å²) in [5.41, 5.74) is 1.23. The molecular formula is C19H16F3N3O2. The summed E-state index contributed by atoms with van der Waals surface area (Å²) in [5.74, 6) is -0.553. The lowest BCUT2D eigenvalue weighted by Crippen LogP contribution is -2.27. The van der Waals surface area contributed by atoms with Crippen LogP contribution in [0.2, 0.25) is 0 Å². The largest absolute Gasteiger partial charge is 0.573 e. The Bertz CT molecular complexity index is 945. The molecule has 3 aromatic rings. The smallest absolute Gasteiger partial charge is 0.406 e. The number of carbonyl (C=O) groups excluding carboxylic acids is 1. The number of anilines is 1. The first-order valence-electron chi connectivity index (χ1n) is 8.08. The summed E-state index contributed by atoms with van der Waals surface area (Å²) >= 11 is 0. The number of fused-ring (bicyclic) bond motifs is 1. The minimum Gasteiger partial charge on any atom is -0.406 e. The molecule has 1 amide bonds. The molecule has 1 aromatic heterocycles. The van der Waals surface area contributed by atoms with Crippen molar-refractivity contribution < 1.29 is 22.7 Å². The highest BCUT2D eigenvalue weighted by atomic mass is 19.4. The molecule has 0 saturated carbocycles. The molecule has 0 bridgehead atoms. The van der Waals surface area contributed by atoms with Crippen molar-refractivity contribution in [3.05, 3.63) is 66.5 Å². The van der Waals surface area contributed by atoms with Crippen LogP contribution in [0, 0.1) is 0 Å². The summed E-state index contributed by atoms with van der Waals surface area (Å²) in [6.45, 7) is 0.241. The van der Waals surface area contributed by atoms with Gasteiger partial charge in [-0.05, 0) is 41.3 Å². The molecular weight excluding hydrogens is 359 g/mol. The Morgan fingerprint density at radius 3 is 2.74 bits per heavy atom. The predicted octanol–water partition coefficient (Wildman–Crippen LogP) is 3.86. The van der Waals surface area contributed by atoms with Gasteiger partial charge >= 0.3 is 6.36 Å². The summed E-state index contributed by atoms with van der Waals surface area (Å²) in [6, 6.07) is 12.9. The minimum absolute atomic E-state index is 0.0126. The van der Waals surface area contributed by atoms with E-state index in [-0.39, 0.29) is 24.7 Å². The zero-order valence-corrected chi connectivity index (χ0v) is 14.1. The number of pyridine rings is 1. The topological polar surface area (TPSA) is 63.2 Å². The van der Waals surface area contributed by atoms with Crippen LogP contribution in [0.1, 0.15) is 5.56 Å². The number of halogens is 3. The lowest BCUT2D eigenvalue weighted by molar-refractivity contribution is -0.274. The number of alkyl halides is 3. The van der Waals surface area contributed by atoms with Gasteiger partial charge in [0.25, 0.3) is 0 Å². The summed E-state index contributed by atoms with van der Waals surface area (Å²) in [5, 5.41) is 7.58. The van der Waals surface area contributed by atoms with Crippen molar-refractivity contribution in [3.8, 4) is 5.75 Å². The van der Waals surface area contributed by atoms with E-state index < -0.39 is 6.36 Å². The van der Waals surface area contributed by atoms with Gasteiger partial charge in [-0.15, -0.1) is 13.2 Å². The van der Waals surface area contributed by atoms with Gasteiger partial charge in [0.15, 0.2) is 0 Å². The molecule has 27 heavy (non-hydrogen) atoms. The molecule has 3 rings (SSSR count). The van der Waals surface area contributed by atoms with Crippen molar-refractivity contribution in [2.45, 2.75) is 12.9 Å². The number of amides is 1. The summed E-state index contributed by atoms with van der Waals surface area (Å²) in [4.78, 5) is 16.1. The van der Waals surface area contributed by atoms with Gasteiger partial charge < -0.3 is 15.4 Å². The van der Waals surface area contributed by atoms with E-state index >= 15 is 0 Å². The second kappa shape index (κ2) is 8.05. The van der Waals surface area contributed by atoms with E-state index in [0.717, 1.165) is 10.8 Å². The van der Waals surface area contributed by atoms with E-state index in [1.165, 1.54) is 18.2 Å². The van der Waals surface area contributed by atoms with Crippen LogP contribution in [-0.4, -0.2) is 23.8 Å². The summed E-state index contributed by atoms with van der Waals surface area (Å²) < 4.78 is 40.6. The van der Waals surface area contributed by atoms with Crippen LogP contribution in [0.3, 0.4) is 0 Å². The van der Waals surface area contributed by atoms with E-state index in [2.05, 4.69) is 20.4 Å². The Labute approximate surface area is 153 Å². The molecule has 5 nitrogen and oxygen atoms in total. The summed E-state index contributed by atoms with van der Waals surface area (Å²) in [7, 11) is 0. The molecule has 0 aliphatic heterocycles. The van der Waals surface area contributed by atoms with Gasteiger partial charge in [-0.2, -0.15) is 0 Å². The highest BCUT2D eigenvalue weighted by molar-refractivity contribution is 5.95. The van der Waals surface area contributed by atoms with Gasteiger partial charge in [0.1, 0.15) is 5.75 Å². The predicted molar refractivity (Wildman–Crippen MR) is 95.2 cm³/mol. The van der Waals surface area contributed by atoms with E-state index in [1.54, 1.807) is 24.5 Å². The van der Waals surface area contributed by atoms with E-state index in [0.29, 0.717) is 11.3 Å². The second-order valence-corrected chi connectivity index (χ2v) is 5.78. The highest BCUT2D eigenvalue weighted by Crippen LogP contribution is 2.23. The SMILES string of the molecule is O=C(CNCc1cccc(OC(F)(F)F)c1)Nc1ccc2cnccc2c1. The average Bonchev–Trinajstić information content (AvgIpc) is 2.60. The molecule has 0 spiro atoms. The molecule has 2 N–H and O–H groups in total. The van der Waals surface area contributed by atoms with Crippen molar-refractivity contribution in [2.75, 3.05) is 11.9 Å². The fraction of sp³-hybridized carbons (Fsp3) is 0.158. The molecule has 140 valence electrons. The lowest BCUT2D eigenvalue weighted by atomic mass is 10.1. The van der Waals surface area contributed by atoms with Crippen LogP contribution in [0.15, 0.2) is 60.9 Å². The first-order valence-corrected chi connectivity index (χ1v) is 8.08. The average molecular weight is 375 g/mol. The van der Waals surface area contributed by atoms with Crippen LogP contribution in [0.5, 0.6) is 5.75 Å². The maximum atomic E-state index is 12.2. The van der Waals surface area contributed by atoms with Gasteiger partial charge in [0, 0.05) is 30.0 Å². The van der Waals surface area contributed by atoms with Crippen molar-refractivity contribution in [3.63, 3.8) is 0 Å². The van der Waals surface area contributed by atoms with E-state index in [1.807, 2.05) is 18.2 Å². The third kappa shape index (κ3) is 5.68. The first kappa shape index (κ1) is 18.7. The third-order valence-corrected chi connectivity index (χ3v) is 3.67. The van der Waals surface area contributed by atoms with Crippen molar-refractivity contribution in [1.29, 1.82) is 0 Å². The Morgan fingerprint density at radius 2 is 1.93 bits per heavy atom. The van der Waals surface area contributed by atoms with Crippen LogP contribution >= 0.6 is 0 Å². The highest BCUT2D eigenvalue weighted by Gasteiger charge is 2.31. The van der Waals surface area contributed by atoms with E-state index in [9.17, 15) is 18.0 Å². The van der Waals surface area contributed by atoms with Gasteiger partial charge in [0.05, 0.1) is 6.54 Å². The number of nitrogens with one attached hydrogen (secondary N) is 2. The van der Waals surface area contributed by atoms with Gasteiger partial charge in [-0.1, -0.05) is 18.2 Å². The number of aromatic nitrogens is 1. The molecule has 1 heterocycles. The number of carbonyl (C=O) groups is 1. The molecule has 0 unspecified atom stereocenters. The van der Waals surface area contributed by atoms with Gasteiger partial charge in [-0.3, -0.25) is 9.78 Å². The van der Waals surface area contributed by atoms with Crippen LogP contribution in [-0.2, 0) is 11.3 Å². The molecule has 8 heteroatoms.